The first-order valence-corrected chi connectivity index (χ1v) is 38.2. The Morgan fingerprint density at radius 2 is 0.670 bits per heavy atom. The van der Waals surface area contributed by atoms with Crippen LogP contribution in [-0.2, 0) is 65.4 Å². The molecule has 0 saturated heterocycles. The second kappa shape index (κ2) is 59.5. The molecule has 7 atom stereocenters. The standard InChI is InChI=1S/C69H130O17P2/c1-8-11-12-13-14-15-16-17-18-19-20-21-29-38-45-52-68(73)85-64(56-79-66(71)50-43-36-28-24-22-26-33-40-47-60(4)5)58-83-87(75,76)81-54-63(70)55-82-88(77,78)84-59-65(57-80-67(72)51-44-37-32-31-35-42-49-62(7)10-3)86-69(74)53-46-39-30-25-23-27-34-41-48-61(6)9-2/h15-18,60-65,70H,8-14,19-59H2,1-7H3,(H,75,76)(H,77,78)/b16-15-,18-17-/t61?,62?,63-,64-,65-/m1/s1. The predicted molar refractivity (Wildman–Crippen MR) is 354 cm³/mol. The first kappa shape index (κ1) is 85.5. The van der Waals surface area contributed by atoms with Gasteiger partial charge in [0.25, 0.3) is 0 Å². The van der Waals surface area contributed by atoms with Gasteiger partial charge in [0.2, 0.25) is 0 Å². The summed E-state index contributed by atoms with van der Waals surface area (Å²) >= 11 is 0. The number of phosphoric acid groups is 2. The lowest BCUT2D eigenvalue weighted by atomic mass is 9.99. The van der Waals surface area contributed by atoms with Gasteiger partial charge < -0.3 is 33.8 Å². The summed E-state index contributed by atoms with van der Waals surface area (Å²) in [6, 6.07) is 0. The molecule has 518 valence electrons. The molecule has 88 heavy (non-hydrogen) atoms. The van der Waals surface area contributed by atoms with E-state index < -0.39 is 97.5 Å². The van der Waals surface area contributed by atoms with E-state index in [1.54, 1.807) is 0 Å². The molecule has 0 bridgehead atoms. The lowest BCUT2D eigenvalue weighted by Gasteiger charge is -2.21. The van der Waals surface area contributed by atoms with Gasteiger partial charge in [0, 0.05) is 25.7 Å². The molecule has 0 aliphatic heterocycles. The van der Waals surface area contributed by atoms with E-state index >= 15 is 0 Å². The van der Waals surface area contributed by atoms with E-state index in [-0.39, 0.29) is 25.7 Å². The number of allylic oxidation sites excluding steroid dienone is 4. The smallest absolute Gasteiger partial charge is 0.462 e. The summed E-state index contributed by atoms with van der Waals surface area (Å²) in [6.07, 6.45) is 45.3. The summed E-state index contributed by atoms with van der Waals surface area (Å²) in [6.45, 7) is 11.7. The van der Waals surface area contributed by atoms with Gasteiger partial charge in [0.05, 0.1) is 26.4 Å². The summed E-state index contributed by atoms with van der Waals surface area (Å²) in [5, 5.41) is 10.6. The second-order valence-corrected chi connectivity index (χ2v) is 28.1. The van der Waals surface area contributed by atoms with Gasteiger partial charge in [0.15, 0.2) is 12.2 Å². The van der Waals surface area contributed by atoms with Crippen LogP contribution < -0.4 is 0 Å². The summed E-state index contributed by atoms with van der Waals surface area (Å²) in [7, 11) is -9.91. The summed E-state index contributed by atoms with van der Waals surface area (Å²) in [5.74, 6) is 0.0584. The zero-order valence-electron chi connectivity index (χ0n) is 56.7. The van der Waals surface area contributed by atoms with Gasteiger partial charge in [-0.05, 0) is 69.1 Å². The molecule has 0 saturated carbocycles. The Morgan fingerprint density at radius 3 is 1.01 bits per heavy atom. The molecule has 0 fully saturated rings. The number of aliphatic hydroxyl groups is 1. The molecule has 0 aliphatic carbocycles. The molecule has 17 nitrogen and oxygen atoms in total. The van der Waals surface area contributed by atoms with Crippen molar-refractivity contribution in [2.75, 3.05) is 39.6 Å². The van der Waals surface area contributed by atoms with Crippen LogP contribution in [0.25, 0.3) is 0 Å². The van der Waals surface area contributed by atoms with Crippen LogP contribution in [0.1, 0.15) is 318 Å². The third-order valence-electron chi connectivity index (χ3n) is 16.0. The van der Waals surface area contributed by atoms with Gasteiger partial charge in [0.1, 0.15) is 19.3 Å². The van der Waals surface area contributed by atoms with E-state index in [1.165, 1.54) is 103 Å². The predicted octanol–water partition coefficient (Wildman–Crippen LogP) is 19.0. The first-order valence-electron chi connectivity index (χ1n) is 35.2. The van der Waals surface area contributed by atoms with Gasteiger partial charge in [-0.25, -0.2) is 9.13 Å². The summed E-state index contributed by atoms with van der Waals surface area (Å²) in [4.78, 5) is 72.4. The lowest BCUT2D eigenvalue weighted by molar-refractivity contribution is -0.161. The van der Waals surface area contributed by atoms with E-state index in [0.29, 0.717) is 25.7 Å². The fourth-order valence-corrected chi connectivity index (χ4v) is 11.3. The number of phosphoric ester groups is 2. The highest BCUT2D eigenvalue weighted by Crippen LogP contribution is 2.45. The van der Waals surface area contributed by atoms with E-state index in [9.17, 15) is 43.2 Å². The molecule has 0 aromatic heterocycles. The fourth-order valence-electron chi connectivity index (χ4n) is 9.76. The number of unbranched alkanes of at least 4 members (excludes halogenated alkanes) is 28. The van der Waals surface area contributed by atoms with Crippen molar-refractivity contribution in [3.63, 3.8) is 0 Å². The Balaban J connectivity index is 5.30. The number of hydrogen-bond donors (Lipinski definition) is 3. The SMILES string of the molecule is CCCCCC/C=C\C=C/CCCCCCCC(=O)O[C@H](COC(=O)CCCCCCCCCCC(C)C)COP(=O)(O)OC[C@@H](O)COP(=O)(O)OC[C@@H](COC(=O)CCCCCCCCC(C)CC)OC(=O)CCCCCCCCCCC(C)CC. The number of hydrogen-bond acceptors (Lipinski definition) is 15. The van der Waals surface area contributed by atoms with Crippen LogP contribution >= 0.6 is 15.6 Å². The number of rotatable bonds is 65. The van der Waals surface area contributed by atoms with Crippen molar-refractivity contribution < 1.29 is 80.2 Å². The first-order chi connectivity index (χ1) is 42.3. The Morgan fingerprint density at radius 1 is 0.375 bits per heavy atom. The van der Waals surface area contributed by atoms with Crippen molar-refractivity contribution in [1.29, 1.82) is 0 Å². The van der Waals surface area contributed by atoms with Crippen molar-refractivity contribution in [1.82, 2.24) is 0 Å². The molecule has 0 aromatic rings. The van der Waals surface area contributed by atoms with Crippen LogP contribution in [0, 0.1) is 17.8 Å². The topological polar surface area (TPSA) is 237 Å². The Bertz CT molecular complexity index is 1830. The van der Waals surface area contributed by atoms with Gasteiger partial charge >= 0.3 is 39.5 Å². The van der Waals surface area contributed by atoms with Gasteiger partial charge in [-0.2, -0.15) is 0 Å². The average Bonchev–Trinajstić information content (AvgIpc) is 3.66. The van der Waals surface area contributed by atoms with Crippen molar-refractivity contribution >= 4 is 39.5 Å². The normalized spacial score (nSPS) is 15.0. The maximum absolute atomic E-state index is 13.0. The molecule has 0 aliphatic rings. The van der Waals surface area contributed by atoms with Gasteiger partial charge in [-0.3, -0.25) is 37.3 Å². The maximum Gasteiger partial charge on any atom is 0.472 e. The molecular formula is C69H130O17P2. The maximum atomic E-state index is 13.0. The molecule has 0 amide bonds. The summed E-state index contributed by atoms with van der Waals surface area (Å²) < 4.78 is 68.2. The van der Waals surface area contributed by atoms with Crippen LogP contribution in [-0.4, -0.2) is 96.7 Å². The molecule has 0 heterocycles. The Kier molecular flexibility index (Phi) is 57.9. The number of carbonyl (C=O) groups is 4. The van der Waals surface area contributed by atoms with E-state index in [4.69, 9.17) is 37.0 Å². The zero-order chi connectivity index (χ0) is 65.2. The van der Waals surface area contributed by atoms with Crippen LogP contribution in [0.2, 0.25) is 0 Å². The average molecular weight is 1290 g/mol. The van der Waals surface area contributed by atoms with Crippen LogP contribution in [0.4, 0.5) is 0 Å². The largest absolute Gasteiger partial charge is 0.472 e. The number of carbonyl (C=O) groups excluding carboxylic acids is 4. The van der Waals surface area contributed by atoms with Crippen LogP contribution in [0.15, 0.2) is 24.3 Å². The minimum absolute atomic E-state index is 0.0838. The monoisotopic (exact) mass is 1290 g/mol. The molecule has 19 heteroatoms. The third kappa shape index (κ3) is 59.8. The molecule has 4 unspecified atom stereocenters. The molecule has 0 rings (SSSR count). The van der Waals surface area contributed by atoms with Gasteiger partial charge in [-0.15, -0.1) is 0 Å². The van der Waals surface area contributed by atoms with E-state index in [0.717, 1.165) is 133 Å². The number of aliphatic hydroxyl groups excluding tert-OH is 1. The van der Waals surface area contributed by atoms with Crippen LogP contribution in [0.5, 0.6) is 0 Å². The number of esters is 4. The molecule has 0 radical (unpaired) electrons. The highest BCUT2D eigenvalue weighted by molar-refractivity contribution is 7.47. The third-order valence-corrected chi connectivity index (χ3v) is 17.9. The van der Waals surface area contributed by atoms with E-state index in [2.05, 4.69) is 72.8 Å². The van der Waals surface area contributed by atoms with Crippen molar-refractivity contribution in [2.45, 2.75) is 336 Å². The van der Waals surface area contributed by atoms with Crippen LogP contribution in [0.3, 0.4) is 0 Å². The van der Waals surface area contributed by atoms with Crippen molar-refractivity contribution in [2.24, 2.45) is 17.8 Å². The highest BCUT2D eigenvalue weighted by Gasteiger charge is 2.30. The minimum atomic E-state index is -4.96. The minimum Gasteiger partial charge on any atom is -0.462 e. The molecule has 3 N–H and O–H groups in total. The quantitative estimate of drug-likeness (QED) is 0.0169. The summed E-state index contributed by atoms with van der Waals surface area (Å²) in [5.41, 5.74) is 0. The van der Waals surface area contributed by atoms with Crippen molar-refractivity contribution in [3.05, 3.63) is 24.3 Å². The van der Waals surface area contributed by atoms with Gasteiger partial charge in [-0.1, -0.05) is 265 Å². The lowest BCUT2D eigenvalue weighted by Crippen LogP contribution is -2.30. The second-order valence-electron chi connectivity index (χ2n) is 25.2. The zero-order valence-corrected chi connectivity index (χ0v) is 58.5. The molecule has 0 spiro atoms. The molecule has 0 aromatic carbocycles. The number of ether oxygens (including phenoxy) is 4. The Hall–Kier alpha value is -2.46. The Labute approximate surface area is 535 Å². The van der Waals surface area contributed by atoms with Crippen molar-refractivity contribution in [3.8, 4) is 0 Å². The molecular weight excluding hydrogens is 1160 g/mol. The van der Waals surface area contributed by atoms with E-state index in [1.807, 2.05) is 0 Å². The highest BCUT2D eigenvalue weighted by atomic mass is 31.2. The fraction of sp³-hybridized carbons (Fsp3) is 0.884.